The summed E-state index contributed by atoms with van der Waals surface area (Å²) >= 11 is 0. The number of rotatable bonds is 7. The summed E-state index contributed by atoms with van der Waals surface area (Å²) in [6, 6.07) is 8.73. The Balaban J connectivity index is 2.13. The molecule has 1 atom stereocenters. The highest BCUT2D eigenvalue weighted by molar-refractivity contribution is 7.90. The molecule has 7 nitrogen and oxygen atoms in total. The summed E-state index contributed by atoms with van der Waals surface area (Å²) in [5, 5.41) is 13.3. The quantitative estimate of drug-likeness (QED) is 0.594. The van der Waals surface area contributed by atoms with E-state index in [2.05, 4.69) is 5.10 Å². The van der Waals surface area contributed by atoms with Gasteiger partial charge in [0.25, 0.3) is 0 Å². The number of hydrogen-bond donors (Lipinski definition) is 1. The van der Waals surface area contributed by atoms with Gasteiger partial charge in [0.15, 0.2) is 27.2 Å². The molecule has 0 aliphatic carbocycles. The second kappa shape index (κ2) is 8.94. The Kier molecular flexibility index (Phi) is 6.51. The van der Waals surface area contributed by atoms with E-state index in [1.165, 1.54) is 36.5 Å². The Morgan fingerprint density at radius 2 is 1.81 bits per heavy atom. The molecule has 0 spiro atoms. The Labute approximate surface area is 177 Å². The van der Waals surface area contributed by atoms with E-state index in [1.807, 2.05) is 0 Å². The molecule has 0 aliphatic rings. The van der Waals surface area contributed by atoms with E-state index in [0.717, 1.165) is 23.1 Å². The van der Waals surface area contributed by atoms with E-state index in [4.69, 9.17) is 4.74 Å². The molecule has 10 heteroatoms. The van der Waals surface area contributed by atoms with Crippen LogP contribution in [0.25, 0.3) is 16.8 Å². The molecule has 0 amide bonds. The number of halogens is 2. The van der Waals surface area contributed by atoms with E-state index in [1.54, 1.807) is 6.92 Å². The highest BCUT2D eigenvalue weighted by atomic mass is 32.2. The van der Waals surface area contributed by atoms with Gasteiger partial charge in [0.1, 0.15) is 0 Å². The zero-order valence-electron chi connectivity index (χ0n) is 16.7. The van der Waals surface area contributed by atoms with E-state index >= 15 is 0 Å². The second-order valence-electron chi connectivity index (χ2n) is 7.10. The van der Waals surface area contributed by atoms with Crippen LogP contribution in [0, 0.1) is 17.6 Å². The van der Waals surface area contributed by atoms with Gasteiger partial charge in [-0.1, -0.05) is 19.1 Å². The average molecular weight is 450 g/mol. The fourth-order valence-corrected chi connectivity index (χ4v) is 3.37. The maximum absolute atomic E-state index is 13.6. The van der Waals surface area contributed by atoms with Crippen LogP contribution in [0.1, 0.15) is 6.92 Å². The predicted octanol–water partition coefficient (Wildman–Crippen LogP) is 2.59. The van der Waals surface area contributed by atoms with Crippen LogP contribution in [0.5, 0.6) is 5.75 Å². The molecular weight excluding hydrogens is 430 g/mol. The van der Waals surface area contributed by atoms with Gasteiger partial charge in [-0.3, -0.25) is 4.79 Å². The number of aliphatic hydroxyl groups is 1. The van der Waals surface area contributed by atoms with Gasteiger partial charge >= 0.3 is 5.56 Å². The lowest BCUT2D eigenvalue weighted by Crippen LogP contribution is -2.25. The molecule has 0 aliphatic heterocycles. The monoisotopic (exact) mass is 450 g/mol. The molecule has 3 rings (SSSR count). The van der Waals surface area contributed by atoms with Crippen LogP contribution >= 0.6 is 0 Å². The predicted molar refractivity (Wildman–Crippen MR) is 110 cm³/mol. The molecule has 1 heterocycles. The normalized spacial score (nSPS) is 12.5. The first-order valence-electron chi connectivity index (χ1n) is 9.23. The van der Waals surface area contributed by atoms with Crippen molar-refractivity contribution in [2.75, 3.05) is 19.5 Å². The van der Waals surface area contributed by atoms with Gasteiger partial charge in [-0.15, -0.1) is 0 Å². The summed E-state index contributed by atoms with van der Waals surface area (Å²) in [6.07, 6.45) is 2.40. The Hall–Kier alpha value is -3.11. The summed E-state index contributed by atoms with van der Waals surface area (Å²) < 4.78 is 56.8. The summed E-state index contributed by atoms with van der Waals surface area (Å²) in [5.41, 5.74) is 0.0406. The lowest BCUT2D eigenvalue weighted by Gasteiger charge is -2.15. The van der Waals surface area contributed by atoms with Gasteiger partial charge in [-0.05, 0) is 29.8 Å². The van der Waals surface area contributed by atoms with Gasteiger partial charge in [0.05, 0.1) is 23.4 Å². The number of ether oxygens (including phenoxy) is 1. The van der Waals surface area contributed by atoms with Crippen LogP contribution in [0.15, 0.2) is 58.4 Å². The highest BCUT2D eigenvalue weighted by Gasteiger charge is 2.18. The summed E-state index contributed by atoms with van der Waals surface area (Å²) in [7, 11) is -3.40. The third-order valence-corrected chi connectivity index (χ3v) is 5.63. The fraction of sp³-hybridized carbons (Fsp3) is 0.238. The third-order valence-electron chi connectivity index (χ3n) is 4.50. The zero-order valence-corrected chi connectivity index (χ0v) is 17.6. The number of benzene rings is 2. The van der Waals surface area contributed by atoms with Crippen molar-refractivity contribution in [2.45, 2.75) is 11.8 Å². The van der Waals surface area contributed by atoms with Crippen LogP contribution in [-0.4, -0.2) is 42.8 Å². The average Bonchev–Trinajstić information content (AvgIpc) is 2.74. The third kappa shape index (κ3) is 4.97. The maximum Gasteiger partial charge on any atom is 0.314 e. The van der Waals surface area contributed by atoms with Gasteiger partial charge in [-0.2, -0.15) is 9.78 Å². The summed E-state index contributed by atoms with van der Waals surface area (Å²) in [4.78, 5) is 13.2. The summed E-state index contributed by atoms with van der Waals surface area (Å²) in [5.74, 6) is -2.59. The number of nitrogens with zero attached hydrogens (tertiary/aromatic N) is 2. The topological polar surface area (TPSA) is 98.5 Å². The van der Waals surface area contributed by atoms with E-state index in [-0.39, 0.29) is 41.0 Å². The summed E-state index contributed by atoms with van der Waals surface area (Å²) in [6.45, 7) is 1.57. The highest BCUT2D eigenvalue weighted by Crippen LogP contribution is 2.28. The number of sulfone groups is 1. The van der Waals surface area contributed by atoms with Crippen molar-refractivity contribution in [1.82, 2.24) is 9.78 Å². The van der Waals surface area contributed by atoms with E-state index in [0.29, 0.717) is 5.56 Å². The zero-order chi connectivity index (χ0) is 22.8. The van der Waals surface area contributed by atoms with Crippen molar-refractivity contribution in [2.24, 2.45) is 5.92 Å². The largest absolute Gasteiger partial charge is 0.487 e. The molecule has 3 aromatic rings. The number of hydrogen-bond acceptors (Lipinski definition) is 6. The van der Waals surface area contributed by atoms with Crippen molar-refractivity contribution in [3.63, 3.8) is 0 Å². The van der Waals surface area contributed by atoms with Crippen LogP contribution in [0.3, 0.4) is 0 Å². The van der Waals surface area contributed by atoms with Crippen LogP contribution in [-0.2, 0) is 9.84 Å². The van der Waals surface area contributed by atoms with Crippen LogP contribution in [0.4, 0.5) is 8.78 Å². The van der Waals surface area contributed by atoms with Gasteiger partial charge in [0, 0.05) is 30.4 Å². The van der Waals surface area contributed by atoms with Crippen LogP contribution in [0.2, 0.25) is 0 Å². The standard InChI is InChI=1S/C21H20F2N2O5S/c1-13(11-26)12-30-20-17(14-3-6-16(7-4-14)31(2,28)29)10-24-25(21(20)27)15-5-8-18(22)19(23)9-15/h3-10,13,26H,11-12H2,1-2H3. The van der Waals surface area contributed by atoms with Gasteiger partial charge < -0.3 is 9.84 Å². The number of aliphatic hydroxyl groups excluding tert-OH is 1. The fourth-order valence-electron chi connectivity index (χ4n) is 2.74. The van der Waals surface area contributed by atoms with Gasteiger partial charge in [-0.25, -0.2) is 17.2 Å². The second-order valence-corrected chi connectivity index (χ2v) is 9.11. The molecule has 1 aromatic heterocycles. The molecule has 31 heavy (non-hydrogen) atoms. The Morgan fingerprint density at radius 3 is 2.39 bits per heavy atom. The molecule has 0 fully saturated rings. The van der Waals surface area contributed by atoms with Crippen molar-refractivity contribution in [1.29, 1.82) is 0 Å². The Bertz CT molecular complexity index is 1260. The van der Waals surface area contributed by atoms with Crippen molar-refractivity contribution >= 4 is 9.84 Å². The molecule has 0 radical (unpaired) electrons. The minimum Gasteiger partial charge on any atom is -0.487 e. The van der Waals surface area contributed by atoms with Crippen LogP contribution < -0.4 is 10.3 Å². The molecule has 1 unspecified atom stereocenters. The van der Waals surface area contributed by atoms with Crippen molar-refractivity contribution in [3.8, 4) is 22.6 Å². The molecule has 1 N–H and O–H groups in total. The Morgan fingerprint density at radius 1 is 1.13 bits per heavy atom. The lowest BCUT2D eigenvalue weighted by atomic mass is 10.1. The minimum atomic E-state index is -3.40. The minimum absolute atomic E-state index is 0.00271. The van der Waals surface area contributed by atoms with E-state index in [9.17, 15) is 27.1 Å². The van der Waals surface area contributed by atoms with Gasteiger partial charge in [0.2, 0.25) is 0 Å². The van der Waals surface area contributed by atoms with Crippen molar-refractivity contribution in [3.05, 3.63) is 70.6 Å². The molecule has 0 saturated carbocycles. The first-order valence-corrected chi connectivity index (χ1v) is 11.1. The molecule has 0 bridgehead atoms. The molecule has 2 aromatic carbocycles. The van der Waals surface area contributed by atoms with E-state index < -0.39 is 27.0 Å². The molecule has 0 saturated heterocycles. The lowest BCUT2D eigenvalue weighted by molar-refractivity contribution is 0.173. The SMILES string of the molecule is CC(CO)COc1c(-c2ccc(S(C)(=O)=O)cc2)cnn(-c2ccc(F)c(F)c2)c1=O. The number of aromatic nitrogens is 2. The molecule has 164 valence electrons. The first kappa shape index (κ1) is 22.6. The maximum atomic E-state index is 13.6. The first-order chi connectivity index (χ1) is 14.6. The molecular formula is C21H20F2N2O5S. The smallest absolute Gasteiger partial charge is 0.314 e. The van der Waals surface area contributed by atoms with Crippen molar-refractivity contribution < 1.29 is 27.0 Å².